The molecule has 0 spiro atoms. The van der Waals surface area contributed by atoms with Gasteiger partial charge in [-0.2, -0.15) is 0 Å². The lowest BCUT2D eigenvalue weighted by molar-refractivity contribution is 0.138. The molecular weight excluding hydrogens is 178 g/mol. The number of aliphatic hydroxyl groups is 1. The first kappa shape index (κ1) is 9.40. The van der Waals surface area contributed by atoms with Gasteiger partial charge in [-0.25, -0.2) is 9.97 Å². The van der Waals surface area contributed by atoms with Crippen molar-refractivity contribution in [2.24, 2.45) is 5.92 Å². The Labute approximate surface area is 83.4 Å². The van der Waals surface area contributed by atoms with E-state index in [1.54, 1.807) is 6.20 Å². The molecule has 1 heterocycles. The van der Waals surface area contributed by atoms with Gasteiger partial charge in [-0.05, 0) is 18.9 Å². The van der Waals surface area contributed by atoms with Gasteiger partial charge in [0.25, 0.3) is 0 Å². The minimum Gasteiger partial charge on any atom is -0.393 e. The van der Waals surface area contributed by atoms with Crippen LogP contribution in [-0.2, 0) is 0 Å². The molecular formula is C10H15N3O. The van der Waals surface area contributed by atoms with Crippen LogP contribution in [-0.4, -0.2) is 27.7 Å². The Bertz CT molecular complexity index is 278. The van der Waals surface area contributed by atoms with E-state index in [4.69, 9.17) is 0 Å². The van der Waals surface area contributed by atoms with Crippen molar-refractivity contribution >= 4 is 5.82 Å². The van der Waals surface area contributed by atoms with E-state index in [0.717, 1.165) is 31.6 Å². The lowest BCUT2D eigenvalue weighted by atomic mass is 10.1. The van der Waals surface area contributed by atoms with Crippen LogP contribution in [0.3, 0.4) is 0 Å². The molecule has 0 aliphatic heterocycles. The normalized spacial score (nSPS) is 26.4. The van der Waals surface area contributed by atoms with Gasteiger partial charge in [-0.3, -0.25) is 0 Å². The fraction of sp³-hybridized carbons (Fsp3) is 0.600. The number of aromatic nitrogens is 2. The summed E-state index contributed by atoms with van der Waals surface area (Å²) in [6.45, 7) is 0.804. The minimum atomic E-state index is -0.135. The molecule has 0 saturated heterocycles. The van der Waals surface area contributed by atoms with E-state index >= 15 is 0 Å². The Morgan fingerprint density at radius 1 is 1.50 bits per heavy atom. The monoisotopic (exact) mass is 193 g/mol. The molecule has 4 heteroatoms. The average Bonchev–Trinajstić information content (AvgIpc) is 2.63. The molecule has 0 aromatic carbocycles. The molecule has 76 valence electrons. The first-order chi connectivity index (χ1) is 6.86. The third-order valence-electron chi connectivity index (χ3n) is 2.75. The van der Waals surface area contributed by atoms with Crippen molar-refractivity contribution in [1.29, 1.82) is 0 Å². The number of nitrogens with one attached hydrogen (secondary N) is 1. The van der Waals surface area contributed by atoms with Crippen LogP contribution in [0.15, 0.2) is 18.6 Å². The van der Waals surface area contributed by atoms with Gasteiger partial charge in [-0.15, -0.1) is 0 Å². The summed E-state index contributed by atoms with van der Waals surface area (Å²) < 4.78 is 0. The van der Waals surface area contributed by atoms with Crippen molar-refractivity contribution in [2.75, 3.05) is 11.9 Å². The Morgan fingerprint density at radius 3 is 3.07 bits per heavy atom. The van der Waals surface area contributed by atoms with Crippen LogP contribution in [0.25, 0.3) is 0 Å². The zero-order chi connectivity index (χ0) is 9.80. The summed E-state index contributed by atoms with van der Waals surface area (Å²) in [5.41, 5.74) is 0. The van der Waals surface area contributed by atoms with Crippen LogP contribution in [0.4, 0.5) is 5.82 Å². The first-order valence-electron chi connectivity index (χ1n) is 5.04. The summed E-state index contributed by atoms with van der Waals surface area (Å²) in [7, 11) is 0. The molecule has 1 saturated carbocycles. The Morgan fingerprint density at radius 2 is 2.43 bits per heavy atom. The summed E-state index contributed by atoms with van der Waals surface area (Å²) in [4.78, 5) is 7.90. The molecule has 0 amide bonds. The smallest absolute Gasteiger partial charge is 0.129 e. The zero-order valence-electron chi connectivity index (χ0n) is 8.06. The molecule has 14 heavy (non-hydrogen) atoms. The largest absolute Gasteiger partial charge is 0.393 e. The molecule has 1 aromatic rings. The highest BCUT2D eigenvalue weighted by Gasteiger charge is 2.24. The number of anilines is 1. The second kappa shape index (κ2) is 4.37. The fourth-order valence-electron chi connectivity index (χ4n) is 1.89. The lowest BCUT2D eigenvalue weighted by Gasteiger charge is -2.14. The van der Waals surface area contributed by atoms with Gasteiger partial charge in [-0.1, -0.05) is 6.42 Å². The van der Waals surface area contributed by atoms with Gasteiger partial charge in [0.2, 0.25) is 0 Å². The van der Waals surface area contributed by atoms with E-state index in [9.17, 15) is 5.11 Å². The van der Waals surface area contributed by atoms with E-state index in [1.807, 2.05) is 6.07 Å². The van der Waals surface area contributed by atoms with E-state index in [1.165, 1.54) is 6.33 Å². The SMILES string of the molecule is OC1CCCC1CNc1ccncn1. The van der Waals surface area contributed by atoms with Crippen LogP contribution < -0.4 is 5.32 Å². The molecule has 1 aliphatic carbocycles. The number of hydrogen-bond acceptors (Lipinski definition) is 4. The summed E-state index contributed by atoms with van der Waals surface area (Å²) in [6.07, 6.45) is 6.28. The fourth-order valence-corrected chi connectivity index (χ4v) is 1.89. The van der Waals surface area contributed by atoms with E-state index in [-0.39, 0.29) is 6.10 Å². The van der Waals surface area contributed by atoms with Gasteiger partial charge < -0.3 is 10.4 Å². The Balaban J connectivity index is 1.82. The van der Waals surface area contributed by atoms with Crippen molar-refractivity contribution < 1.29 is 5.11 Å². The van der Waals surface area contributed by atoms with Crippen molar-refractivity contribution in [3.8, 4) is 0 Å². The molecule has 1 aromatic heterocycles. The zero-order valence-corrected chi connectivity index (χ0v) is 8.06. The third-order valence-corrected chi connectivity index (χ3v) is 2.75. The number of rotatable bonds is 3. The highest BCUT2D eigenvalue weighted by molar-refractivity contribution is 5.31. The third kappa shape index (κ3) is 2.20. The highest BCUT2D eigenvalue weighted by Crippen LogP contribution is 2.25. The molecule has 0 radical (unpaired) electrons. The van der Waals surface area contributed by atoms with Crippen molar-refractivity contribution in [3.63, 3.8) is 0 Å². The van der Waals surface area contributed by atoms with Crippen LogP contribution in [0.2, 0.25) is 0 Å². The van der Waals surface area contributed by atoms with Crippen LogP contribution >= 0.6 is 0 Å². The molecule has 0 bridgehead atoms. The van der Waals surface area contributed by atoms with Crippen LogP contribution in [0, 0.1) is 5.92 Å². The van der Waals surface area contributed by atoms with Gasteiger partial charge >= 0.3 is 0 Å². The summed E-state index contributed by atoms with van der Waals surface area (Å²) in [5.74, 6) is 1.21. The quantitative estimate of drug-likeness (QED) is 0.753. The van der Waals surface area contributed by atoms with Crippen molar-refractivity contribution in [2.45, 2.75) is 25.4 Å². The molecule has 2 N–H and O–H groups in total. The molecule has 1 aliphatic rings. The molecule has 2 unspecified atom stereocenters. The van der Waals surface area contributed by atoms with Gasteiger partial charge in [0.15, 0.2) is 0 Å². The first-order valence-corrected chi connectivity index (χ1v) is 5.04. The summed E-state index contributed by atoms with van der Waals surface area (Å²) in [6, 6.07) is 1.83. The predicted molar refractivity (Wildman–Crippen MR) is 53.9 cm³/mol. The highest BCUT2D eigenvalue weighted by atomic mass is 16.3. The van der Waals surface area contributed by atoms with Gasteiger partial charge in [0.05, 0.1) is 6.10 Å². The maximum atomic E-state index is 9.59. The topological polar surface area (TPSA) is 58.0 Å². The van der Waals surface area contributed by atoms with E-state index in [0.29, 0.717) is 5.92 Å². The lowest BCUT2D eigenvalue weighted by Crippen LogP contribution is -2.22. The molecule has 4 nitrogen and oxygen atoms in total. The van der Waals surface area contributed by atoms with Crippen LogP contribution in [0.5, 0.6) is 0 Å². The maximum absolute atomic E-state index is 9.59. The number of nitrogens with zero attached hydrogens (tertiary/aromatic N) is 2. The molecule has 2 atom stereocenters. The number of aliphatic hydroxyl groups excluding tert-OH is 1. The standard InChI is InChI=1S/C10H15N3O/c14-9-3-1-2-8(9)6-12-10-4-5-11-7-13-10/h4-5,7-9,14H,1-3,6H2,(H,11,12,13). The number of hydrogen-bond donors (Lipinski definition) is 2. The van der Waals surface area contributed by atoms with Gasteiger partial charge in [0, 0.05) is 18.7 Å². The van der Waals surface area contributed by atoms with E-state index in [2.05, 4.69) is 15.3 Å². The predicted octanol–water partition coefficient (Wildman–Crippen LogP) is 1.05. The van der Waals surface area contributed by atoms with E-state index < -0.39 is 0 Å². The van der Waals surface area contributed by atoms with Crippen molar-refractivity contribution in [3.05, 3.63) is 18.6 Å². The average molecular weight is 193 g/mol. The second-order valence-corrected chi connectivity index (χ2v) is 3.73. The Kier molecular flexibility index (Phi) is 2.93. The van der Waals surface area contributed by atoms with Crippen molar-refractivity contribution in [1.82, 2.24) is 9.97 Å². The molecule has 2 rings (SSSR count). The summed E-state index contributed by atoms with van der Waals surface area (Å²) in [5, 5.41) is 12.8. The second-order valence-electron chi connectivity index (χ2n) is 3.73. The van der Waals surface area contributed by atoms with Gasteiger partial charge in [0.1, 0.15) is 12.1 Å². The molecule has 1 fully saturated rings. The van der Waals surface area contributed by atoms with Crippen LogP contribution in [0.1, 0.15) is 19.3 Å². The summed E-state index contributed by atoms with van der Waals surface area (Å²) >= 11 is 0. The minimum absolute atomic E-state index is 0.135. The maximum Gasteiger partial charge on any atom is 0.129 e. The Hall–Kier alpha value is -1.16.